The number of carbonyl (C=O) groups is 2. The van der Waals surface area contributed by atoms with E-state index in [0.29, 0.717) is 34.6 Å². The van der Waals surface area contributed by atoms with Gasteiger partial charge in [0.2, 0.25) is 5.91 Å². The van der Waals surface area contributed by atoms with E-state index in [1.165, 1.54) is 0 Å². The molecule has 1 aromatic heterocycles. The van der Waals surface area contributed by atoms with Gasteiger partial charge in [0.05, 0.1) is 16.4 Å². The average Bonchev–Trinajstić information content (AvgIpc) is 3.45. The highest BCUT2D eigenvalue weighted by atomic mass is 16.4. The van der Waals surface area contributed by atoms with Crippen LogP contribution in [0.5, 0.6) is 0 Å². The SMILES string of the molecule is O=C(Cn1c2ccccc2c(=O)c2ccccc21)NCC1(C(=O)O)CC1. The first-order valence-electron chi connectivity index (χ1n) is 8.52. The van der Waals surface area contributed by atoms with Crippen LogP contribution in [0.2, 0.25) is 0 Å². The van der Waals surface area contributed by atoms with Crippen molar-refractivity contribution in [1.82, 2.24) is 9.88 Å². The van der Waals surface area contributed by atoms with E-state index in [2.05, 4.69) is 5.32 Å². The van der Waals surface area contributed by atoms with Gasteiger partial charge >= 0.3 is 5.97 Å². The summed E-state index contributed by atoms with van der Waals surface area (Å²) in [5.41, 5.74) is 0.510. The maximum Gasteiger partial charge on any atom is 0.311 e. The fraction of sp³-hybridized carbons (Fsp3) is 0.250. The lowest BCUT2D eigenvalue weighted by Gasteiger charge is -2.16. The molecule has 0 radical (unpaired) electrons. The normalized spacial score (nSPS) is 15.1. The number of nitrogens with one attached hydrogen (secondary N) is 1. The molecule has 1 fully saturated rings. The number of nitrogens with zero attached hydrogens (tertiary/aromatic N) is 1. The number of hydrogen-bond donors (Lipinski definition) is 2. The van der Waals surface area contributed by atoms with Gasteiger partial charge in [-0.1, -0.05) is 24.3 Å². The molecule has 2 aromatic carbocycles. The number of hydrogen-bond acceptors (Lipinski definition) is 3. The zero-order valence-corrected chi connectivity index (χ0v) is 14.1. The summed E-state index contributed by atoms with van der Waals surface area (Å²) in [6.45, 7) is 0.161. The molecule has 3 aromatic rings. The largest absolute Gasteiger partial charge is 0.481 e. The van der Waals surface area contributed by atoms with Gasteiger partial charge in [0, 0.05) is 17.3 Å². The number of carboxylic acid groups (broad SMARTS) is 1. The third-order valence-electron chi connectivity index (χ3n) is 5.11. The lowest BCUT2D eigenvalue weighted by atomic mass is 10.1. The van der Waals surface area contributed by atoms with Crippen LogP contribution in [-0.2, 0) is 16.1 Å². The van der Waals surface area contributed by atoms with Gasteiger partial charge in [0.15, 0.2) is 5.43 Å². The number of carbonyl (C=O) groups excluding carboxylic acids is 1. The van der Waals surface area contributed by atoms with Crippen molar-refractivity contribution < 1.29 is 14.7 Å². The van der Waals surface area contributed by atoms with E-state index >= 15 is 0 Å². The molecular weight excluding hydrogens is 332 g/mol. The van der Waals surface area contributed by atoms with E-state index in [-0.39, 0.29) is 24.4 Å². The van der Waals surface area contributed by atoms with E-state index in [1.54, 1.807) is 24.3 Å². The molecule has 0 unspecified atom stereocenters. The second-order valence-electron chi connectivity index (χ2n) is 6.81. The number of carboxylic acids is 1. The Morgan fingerprint density at radius 2 is 1.54 bits per heavy atom. The first-order chi connectivity index (χ1) is 12.5. The highest BCUT2D eigenvalue weighted by Gasteiger charge is 2.50. The van der Waals surface area contributed by atoms with Crippen molar-refractivity contribution in [2.75, 3.05) is 6.54 Å². The summed E-state index contributed by atoms with van der Waals surface area (Å²) in [5.74, 6) is -1.13. The lowest BCUT2D eigenvalue weighted by Crippen LogP contribution is -2.36. The fourth-order valence-corrected chi connectivity index (χ4v) is 3.33. The molecule has 1 amide bonds. The molecule has 1 aliphatic rings. The number of aliphatic carboxylic acids is 1. The van der Waals surface area contributed by atoms with Gasteiger partial charge in [-0.3, -0.25) is 14.4 Å². The predicted molar refractivity (Wildman–Crippen MR) is 98.0 cm³/mol. The van der Waals surface area contributed by atoms with E-state index in [4.69, 9.17) is 0 Å². The molecule has 2 N–H and O–H groups in total. The Morgan fingerprint density at radius 1 is 1.00 bits per heavy atom. The Hall–Kier alpha value is -3.15. The molecule has 1 heterocycles. The maximum atomic E-state index is 12.7. The fourth-order valence-electron chi connectivity index (χ4n) is 3.33. The summed E-state index contributed by atoms with van der Waals surface area (Å²) >= 11 is 0. The molecule has 0 aliphatic heterocycles. The van der Waals surface area contributed by atoms with Crippen LogP contribution < -0.4 is 10.7 Å². The number of fused-ring (bicyclic) bond motifs is 2. The Kier molecular flexibility index (Phi) is 3.76. The van der Waals surface area contributed by atoms with Gasteiger partial charge in [-0.2, -0.15) is 0 Å². The van der Waals surface area contributed by atoms with E-state index in [1.807, 2.05) is 28.8 Å². The number of aromatic nitrogens is 1. The Labute approximate surface area is 149 Å². The van der Waals surface area contributed by atoms with Gasteiger partial charge < -0.3 is 15.0 Å². The number of amides is 1. The number of benzene rings is 2. The van der Waals surface area contributed by atoms with E-state index in [0.717, 1.165) is 0 Å². The standard InChI is InChI=1S/C20H18N2O4/c23-17(21-12-20(9-10-20)19(25)26)11-22-15-7-3-1-5-13(15)18(24)14-6-2-4-8-16(14)22/h1-8H,9-12H2,(H,21,23)(H,25,26). The number of para-hydroxylation sites is 2. The molecule has 4 rings (SSSR count). The second kappa shape index (κ2) is 5.98. The monoisotopic (exact) mass is 350 g/mol. The van der Waals surface area contributed by atoms with Crippen LogP contribution >= 0.6 is 0 Å². The second-order valence-corrected chi connectivity index (χ2v) is 6.81. The maximum absolute atomic E-state index is 12.7. The zero-order chi connectivity index (χ0) is 18.3. The third kappa shape index (κ3) is 2.63. The van der Waals surface area contributed by atoms with Crippen molar-refractivity contribution in [2.45, 2.75) is 19.4 Å². The Balaban J connectivity index is 1.71. The molecule has 0 atom stereocenters. The number of pyridine rings is 1. The lowest BCUT2D eigenvalue weighted by molar-refractivity contribution is -0.143. The minimum atomic E-state index is -0.864. The van der Waals surface area contributed by atoms with Gasteiger partial charge in [-0.25, -0.2) is 0 Å². The average molecular weight is 350 g/mol. The van der Waals surface area contributed by atoms with Gasteiger partial charge in [-0.15, -0.1) is 0 Å². The van der Waals surface area contributed by atoms with Crippen molar-refractivity contribution in [3.63, 3.8) is 0 Å². The van der Waals surface area contributed by atoms with Crippen LogP contribution in [0, 0.1) is 5.41 Å². The first-order valence-corrected chi connectivity index (χ1v) is 8.52. The summed E-state index contributed by atoms with van der Waals surface area (Å²) in [6, 6.07) is 14.4. The van der Waals surface area contributed by atoms with Crippen LogP contribution in [0.4, 0.5) is 0 Å². The van der Waals surface area contributed by atoms with Crippen LogP contribution in [0.3, 0.4) is 0 Å². The first kappa shape index (κ1) is 16.3. The van der Waals surface area contributed by atoms with Crippen molar-refractivity contribution in [2.24, 2.45) is 5.41 Å². The molecule has 0 bridgehead atoms. The molecule has 0 spiro atoms. The van der Waals surface area contributed by atoms with Crippen LogP contribution in [0.25, 0.3) is 21.8 Å². The van der Waals surface area contributed by atoms with E-state index in [9.17, 15) is 19.5 Å². The van der Waals surface area contributed by atoms with Crippen molar-refractivity contribution >= 4 is 33.7 Å². The topological polar surface area (TPSA) is 88.4 Å². The number of rotatable bonds is 5. The summed E-state index contributed by atoms with van der Waals surface area (Å²) < 4.78 is 1.81. The van der Waals surface area contributed by atoms with Crippen LogP contribution in [0.15, 0.2) is 53.3 Å². The zero-order valence-electron chi connectivity index (χ0n) is 14.1. The smallest absolute Gasteiger partial charge is 0.311 e. The quantitative estimate of drug-likeness (QED) is 0.690. The Bertz CT molecular complexity index is 1040. The molecule has 6 nitrogen and oxygen atoms in total. The highest BCUT2D eigenvalue weighted by molar-refractivity contribution is 5.95. The summed E-state index contributed by atoms with van der Waals surface area (Å²) in [5, 5.41) is 13.1. The predicted octanol–water partition coefficient (Wildman–Crippen LogP) is 2.14. The van der Waals surface area contributed by atoms with Gasteiger partial charge in [0.1, 0.15) is 6.54 Å². The summed E-state index contributed by atoms with van der Waals surface area (Å²) in [6.07, 6.45) is 1.18. The molecular formula is C20H18N2O4. The van der Waals surface area contributed by atoms with Crippen molar-refractivity contribution in [1.29, 1.82) is 0 Å². The Morgan fingerprint density at radius 3 is 2.04 bits per heavy atom. The third-order valence-corrected chi connectivity index (χ3v) is 5.11. The summed E-state index contributed by atoms with van der Waals surface area (Å²) in [7, 11) is 0. The molecule has 1 aliphatic carbocycles. The van der Waals surface area contributed by atoms with Crippen molar-refractivity contribution in [3.8, 4) is 0 Å². The molecule has 6 heteroatoms. The van der Waals surface area contributed by atoms with Crippen LogP contribution in [-0.4, -0.2) is 28.1 Å². The van der Waals surface area contributed by atoms with E-state index < -0.39 is 11.4 Å². The van der Waals surface area contributed by atoms with Gasteiger partial charge in [-0.05, 0) is 37.1 Å². The highest BCUT2D eigenvalue weighted by Crippen LogP contribution is 2.45. The summed E-state index contributed by atoms with van der Waals surface area (Å²) in [4.78, 5) is 36.4. The molecule has 1 saturated carbocycles. The minimum absolute atomic E-state index is 0.0248. The molecule has 132 valence electrons. The molecule has 0 saturated heterocycles. The van der Waals surface area contributed by atoms with Crippen LogP contribution in [0.1, 0.15) is 12.8 Å². The van der Waals surface area contributed by atoms with Crippen molar-refractivity contribution in [3.05, 3.63) is 58.8 Å². The minimum Gasteiger partial charge on any atom is -0.481 e. The molecule has 26 heavy (non-hydrogen) atoms. The van der Waals surface area contributed by atoms with Gasteiger partial charge in [0.25, 0.3) is 0 Å².